The van der Waals surface area contributed by atoms with Gasteiger partial charge in [0.1, 0.15) is 0 Å². The second kappa shape index (κ2) is 6.36. The minimum Gasteiger partial charge on any atom is -0.479 e. The molecule has 0 heterocycles. The van der Waals surface area contributed by atoms with Gasteiger partial charge in [-0.25, -0.2) is 4.79 Å². The lowest BCUT2D eigenvalue weighted by molar-refractivity contribution is -0.146. The molecular weight excluding hydrogens is 200 g/mol. The summed E-state index contributed by atoms with van der Waals surface area (Å²) >= 11 is 0. The fourth-order valence-electron chi connectivity index (χ4n) is 1.10. The van der Waals surface area contributed by atoms with E-state index in [1.807, 2.05) is 13.8 Å². The van der Waals surface area contributed by atoms with Crippen molar-refractivity contribution in [3.8, 4) is 0 Å². The number of aliphatic carboxylic acids is 1. The summed E-state index contributed by atoms with van der Waals surface area (Å²) in [5, 5.41) is 19.6. The number of carbonyl (C=O) groups excluding carboxylic acids is 1. The monoisotopic (exact) mass is 218 g/mol. The molecule has 0 spiro atoms. The van der Waals surface area contributed by atoms with Gasteiger partial charge in [-0.05, 0) is 5.92 Å². The number of aliphatic hydroxyl groups excluding tert-OH is 1. The Hall–Kier alpha value is -1.14. The maximum Gasteiger partial charge on any atom is 0.334 e. The standard InChI is InChI=1S/C9H18N2O4/c1-5(2)6(3-10)8(13)11-4-7(12)9(14)15/h5-7,12H,3-4,10H2,1-2H3,(H,11,13)(H,14,15)/t6?,7-/m0/s1. The first-order valence-electron chi connectivity index (χ1n) is 4.78. The second-order valence-corrected chi connectivity index (χ2v) is 3.69. The highest BCUT2D eigenvalue weighted by molar-refractivity contribution is 5.80. The number of aliphatic hydroxyl groups is 1. The molecule has 0 saturated heterocycles. The van der Waals surface area contributed by atoms with Crippen molar-refractivity contribution in [3.05, 3.63) is 0 Å². The van der Waals surface area contributed by atoms with Crippen LogP contribution in [0.1, 0.15) is 13.8 Å². The summed E-state index contributed by atoms with van der Waals surface area (Å²) in [5.41, 5.74) is 5.40. The van der Waals surface area contributed by atoms with E-state index in [1.54, 1.807) is 0 Å². The van der Waals surface area contributed by atoms with Crippen LogP contribution in [0.4, 0.5) is 0 Å². The quantitative estimate of drug-likeness (QED) is 0.446. The molecule has 0 aromatic rings. The number of nitrogens with one attached hydrogen (secondary N) is 1. The average Bonchev–Trinajstić information content (AvgIpc) is 2.14. The molecule has 0 rings (SSSR count). The number of carboxylic acid groups (broad SMARTS) is 1. The van der Waals surface area contributed by atoms with Gasteiger partial charge in [-0.2, -0.15) is 0 Å². The van der Waals surface area contributed by atoms with E-state index >= 15 is 0 Å². The Bertz CT molecular complexity index is 230. The van der Waals surface area contributed by atoms with Crippen LogP contribution >= 0.6 is 0 Å². The zero-order valence-corrected chi connectivity index (χ0v) is 8.93. The van der Waals surface area contributed by atoms with Crippen molar-refractivity contribution < 1.29 is 19.8 Å². The van der Waals surface area contributed by atoms with Gasteiger partial charge in [-0.3, -0.25) is 4.79 Å². The molecule has 5 N–H and O–H groups in total. The van der Waals surface area contributed by atoms with Gasteiger partial charge in [0.2, 0.25) is 5.91 Å². The van der Waals surface area contributed by atoms with Crippen LogP contribution in [0.2, 0.25) is 0 Å². The minimum absolute atomic E-state index is 0.0805. The molecule has 15 heavy (non-hydrogen) atoms. The minimum atomic E-state index is -1.57. The predicted octanol–water partition coefficient (Wildman–Crippen LogP) is -1.22. The van der Waals surface area contributed by atoms with Gasteiger partial charge in [-0.1, -0.05) is 13.8 Å². The molecule has 0 bridgehead atoms. The van der Waals surface area contributed by atoms with Gasteiger partial charge in [0.05, 0.1) is 12.5 Å². The summed E-state index contributed by atoms with van der Waals surface area (Å²) in [6, 6.07) is 0. The molecule has 0 radical (unpaired) electrons. The number of nitrogens with two attached hydrogens (primary N) is 1. The first-order chi connectivity index (χ1) is 6.90. The SMILES string of the molecule is CC(C)C(CN)C(=O)NC[C@H](O)C(=O)O. The van der Waals surface area contributed by atoms with E-state index in [-0.39, 0.29) is 30.8 Å². The highest BCUT2D eigenvalue weighted by Crippen LogP contribution is 2.08. The van der Waals surface area contributed by atoms with E-state index in [9.17, 15) is 9.59 Å². The molecule has 6 heteroatoms. The second-order valence-electron chi connectivity index (χ2n) is 3.69. The highest BCUT2D eigenvalue weighted by atomic mass is 16.4. The summed E-state index contributed by atoms with van der Waals surface area (Å²) in [4.78, 5) is 21.7. The third-order valence-corrected chi connectivity index (χ3v) is 2.15. The van der Waals surface area contributed by atoms with Gasteiger partial charge in [0.15, 0.2) is 6.10 Å². The summed E-state index contributed by atoms with van der Waals surface area (Å²) in [6.07, 6.45) is -1.57. The van der Waals surface area contributed by atoms with Crippen LogP contribution in [0.5, 0.6) is 0 Å². The Kier molecular flexibility index (Phi) is 5.88. The van der Waals surface area contributed by atoms with E-state index in [0.29, 0.717) is 0 Å². The fraction of sp³-hybridized carbons (Fsp3) is 0.778. The summed E-state index contributed by atoms with van der Waals surface area (Å²) in [5.74, 6) is -1.96. The van der Waals surface area contributed by atoms with Crippen LogP contribution in [0.25, 0.3) is 0 Å². The molecule has 88 valence electrons. The Balaban J connectivity index is 4.07. The van der Waals surface area contributed by atoms with Crippen LogP contribution in [-0.4, -0.2) is 41.3 Å². The first kappa shape index (κ1) is 13.9. The molecule has 1 unspecified atom stereocenters. The number of hydrogen-bond donors (Lipinski definition) is 4. The smallest absolute Gasteiger partial charge is 0.334 e. The molecule has 0 aliphatic rings. The van der Waals surface area contributed by atoms with Crippen LogP contribution < -0.4 is 11.1 Å². The Morgan fingerprint density at radius 1 is 1.40 bits per heavy atom. The third kappa shape index (κ3) is 4.75. The van der Waals surface area contributed by atoms with E-state index in [0.717, 1.165) is 0 Å². The highest BCUT2D eigenvalue weighted by Gasteiger charge is 2.22. The lowest BCUT2D eigenvalue weighted by Crippen LogP contribution is -2.43. The topological polar surface area (TPSA) is 113 Å². The predicted molar refractivity (Wildman–Crippen MR) is 54.0 cm³/mol. The van der Waals surface area contributed by atoms with Crippen LogP contribution in [0, 0.1) is 11.8 Å². The fourth-order valence-corrected chi connectivity index (χ4v) is 1.10. The summed E-state index contributed by atoms with van der Waals surface area (Å²) in [7, 11) is 0. The normalized spacial score (nSPS) is 14.7. The molecule has 0 aliphatic carbocycles. The largest absolute Gasteiger partial charge is 0.479 e. The van der Waals surface area contributed by atoms with Crippen molar-refractivity contribution in [2.75, 3.05) is 13.1 Å². The number of rotatable bonds is 6. The van der Waals surface area contributed by atoms with Crippen molar-refractivity contribution in [1.82, 2.24) is 5.32 Å². The average molecular weight is 218 g/mol. The van der Waals surface area contributed by atoms with E-state index < -0.39 is 12.1 Å². The van der Waals surface area contributed by atoms with Crippen molar-refractivity contribution >= 4 is 11.9 Å². The number of carbonyl (C=O) groups is 2. The number of carboxylic acids is 1. The van der Waals surface area contributed by atoms with E-state index in [4.69, 9.17) is 15.9 Å². The first-order valence-corrected chi connectivity index (χ1v) is 4.78. The molecule has 0 aliphatic heterocycles. The Morgan fingerprint density at radius 2 is 1.93 bits per heavy atom. The van der Waals surface area contributed by atoms with Gasteiger partial charge in [0.25, 0.3) is 0 Å². The van der Waals surface area contributed by atoms with Crippen molar-refractivity contribution in [2.24, 2.45) is 17.6 Å². The lowest BCUT2D eigenvalue weighted by Gasteiger charge is -2.18. The van der Waals surface area contributed by atoms with Gasteiger partial charge in [0, 0.05) is 6.54 Å². The summed E-state index contributed by atoms with van der Waals surface area (Å²) < 4.78 is 0. The molecular formula is C9H18N2O4. The molecule has 0 saturated carbocycles. The van der Waals surface area contributed by atoms with Gasteiger partial charge >= 0.3 is 5.97 Å². The number of amides is 1. The van der Waals surface area contributed by atoms with Crippen molar-refractivity contribution in [1.29, 1.82) is 0 Å². The molecule has 6 nitrogen and oxygen atoms in total. The maximum atomic E-state index is 11.4. The molecule has 0 aromatic heterocycles. The molecule has 2 atom stereocenters. The zero-order chi connectivity index (χ0) is 12.0. The molecule has 1 amide bonds. The Labute approximate surface area is 88.5 Å². The molecule has 0 fully saturated rings. The summed E-state index contributed by atoms with van der Waals surface area (Å²) in [6.45, 7) is 3.61. The van der Waals surface area contributed by atoms with Crippen LogP contribution in [0.15, 0.2) is 0 Å². The van der Waals surface area contributed by atoms with Crippen molar-refractivity contribution in [3.63, 3.8) is 0 Å². The van der Waals surface area contributed by atoms with Crippen LogP contribution in [0.3, 0.4) is 0 Å². The number of hydrogen-bond acceptors (Lipinski definition) is 4. The zero-order valence-electron chi connectivity index (χ0n) is 8.93. The lowest BCUT2D eigenvalue weighted by atomic mass is 9.95. The third-order valence-electron chi connectivity index (χ3n) is 2.15. The van der Waals surface area contributed by atoms with Crippen molar-refractivity contribution in [2.45, 2.75) is 20.0 Å². The van der Waals surface area contributed by atoms with E-state index in [1.165, 1.54) is 0 Å². The Morgan fingerprint density at radius 3 is 2.27 bits per heavy atom. The maximum absolute atomic E-state index is 11.4. The van der Waals surface area contributed by atoms with Gasteiger partial charge in [-0.15, -0.1) is 0 Å². The van der Waals surface area contributed by atoms with Crippen LogP contribution in [-0.2, 0) is 9.59 Å². The van der Waals surface area contributed by atoms with Gasteiger partial charge < -0.3 is 21.3 Å². The molecule has 0 aromatic carbocycles. The van der Waals surface area contributed by atoms with E-state index in [2.05, 4.69) is 5.32 Å².